The van der Waals surface area contributed by atoms with Crippen LogP contribution in [0.3, 0.4) is 0 Å². The van der Waals surface area contributed by atoms with Crippen LogP contribution in [0.2, 0.25) is 3.12 Å². The Morgan fingerprint density at radius 2 is 1.00 bits per heavy atom. The van der Waals surface area contributed by atoms with Gasteiger partial charge in [-0.2, -0.15) is 0 Å². The molecule has 0 amide bonds. The number of hydrogen-bond acceptors (Lipinski definition) is 0. The number of hydrogen-bond donors (Lipinski definition) is 0. The Kier molecular flexibility index (Phi) is 3.99. The van der Waals surface area contributed by atoms with Crippen LogP contribution in [-0.4, -0.2) is 21.8 Å². The summed E-state index contributed by atoms with van der Waals surface area (Å²) in [4.78, 5) is 0. The van der Waals surface area contributed by atoms with Crippen molar-refractivity contribution in [2.75, 3.05) is 0 Å². The average Bonchev–Trinajstić information content (AvgIpc) is 2.30. The Hall–Kier alpha value is -0.677. The maximum absolute atomic E-state index is 2.39. The van der Waals surface area contributed by atoms with Crippen LogP contribution in [0.1, 0.15) is 20.8 Å². The molecule has 0 fully saturated rings. The van der Waals surface area contributed by atoms with Crippen molar-refractivity contribution in [1.82, 2.24) is 0 Å². The van der Waals surface area contributed by atoms with Gasteiger partial charge in [-0.25, -0.2) is 0 Å². The molecule has 0 unspecified atom stereocenters. The van der Waals surface area contributed by atoms with E-state index in [0.717, 1.165) is 0 Å². The third-order valence-electron chi connectivity index (χ3n) is 2.70. The molecule has 0 aliphatic heterocycles. The Bertz CT molecular complexity index is 414. The first-order valence-corrected chi connectivity index (χ1v) is 11.2. The Balaban J connectivity index is 2.48. The Morgan fingerprint density at radius 1 is 0.647 bits per heavy atom. The van der Waals surface area contributed by atoms with Crippen LogP contribution in [-0.2, 0) is 0 Å². The van der Waals surface area contributed by atoms with Crippen LogP contribution >= 0.6 is 0 Å². The van der Waals surface area contributed by atoms with E-state index in [-0.39, 0.29) is 0 Å². The van der Waals surface area contributed by atoms with Crippen LogP contribution in [0, 0.1) is 0 Å². The normalized spacial score (nSPS) is 11.8. The van der Waals surface area contributed by atoms with E-state index in [0.29, 0.717) is 3.12 Å². The summed E-state index contributed by atoms with van der Waals surface area (Å²) < 4.78 is 3.63. The first-order chi connectivity index (χ1) is 8.09. The van der Waals surface area contributed by atoms with Gasteiger partial charge < -0.3 is 0 Å². The molecule has 0 aliphatic carbocycles. The molecular formula is C16H19Bi. The van der Waals surface area contributed by atoms with Crippen molar-refractivity contribution in [3.05, 3.63) is 60.7 Å². The van der Waals surface area contributed by atoms with Crippen LogP contribution in [0.4, 0.5) is 0 Å². The van der Waals surface area contributed by atoms with Crippen LogP contribution in [0.5, 0.6) is 0 Å². The van der Waals surface area contributed by atoms with Crippen molar-refractivity contribution in [2.45, 2.75) is 23.9 Å². The molecule has 0 atom stereocenters. The second-order valence-electron chi connectivity index (χ2n) is 5.18. The van der Waals surface area contributed by atoms with Gasteiger partial charge in [-0.3, -0.25) is 0 Å². The summed E-state index contributed by atoms with van der Waals surface area (Å²) in [7, 11) is 0. The second kappa shape index (κ2) is 5.31. The maximum atomic E-state index is 2.39. The number of rotatable bonds is 2. The van der Waals surface area contributed by atoms with Gasteiger partial charge in [-0.15, -0.1) is 0 Å². The summed E-state index contributed by atoms with van der Waals surface area (Å²) in [6.45, 7) is 7.18. The molecule has 88 valence electrons. The first kappa shape index (κ1) is 12.8. The van der Waals surface area contributed by atoms with E-state index in [9.17, 15) is 0 Å². The molecule has 2 aromatic rings. The number of benzene rings is 2. The summed E-state index contributed by atoms with van der Waals surface area (Å²) in [6.07, 6.45) is 0. The van der Waals surface area contributed by atoms with Gasteiger partial charge in [0.1, 0.15) is 0 Å². The van der Waals surface area contributed by atoms with Gasteiger partial charge in [0.15, 0.2) is 0 Å². The van der Waals surface area contributed by atoms with E-state index < -0.39 is 21.8 Å². The van der Waals surface area contributed by atoms with E-state index in [1.54, 1.807) is 6.54 Å². The second-order valence-corrected chi connectivity index (χ2v) is 17.0. The van der Waals surface area contributed by atoms with Crippen LogP contribution in [0.25, 0.3) is 0 Å². The van der Waals surface area contributed by atoms with Gasteiger partial charge >= 0.3 is 113 Å². The molecule has 0 nitrogen and oxygen atoms in total. The van der Waals surface area contributed by atoms with E-state index >= 15 is 0 Å². The van der Waals surface area contributed by atoms with Gasteiger partial charge in [0.25, 0.3) is 0 Å². The zero-order valence-electron chi connectivity index (χ0n) is 10.7. The van der Waals surface area contributed by atoms with Crippen molar-refractivity contribution < 1.29 is 0 Å². The summed E-state index contributed by atoms with van der Waals surface area (Å²) in [5, 5.41) is 0. The van der Waals surface area contributed by atoms with Gasteiger partial charge in [-0.1, -0.05) is 0 Å². The fourth-order valence-corrected chi connectivity index (χ4v) is 12.9. The summed E-state index contributed by atoms with van der Waals surface area (Å²) in [6, 6.07) is 22.2. The molecule has 0 heterocycles. The molecule has 0 spiro atoms. The molecule has 0 saturated carbocycles. The molecule has 1 heteroatoms. The fraction of sp³-hybridized carbons (Fsp3) is 0.250. The molecular weight excluding hydrogens is 401 g/mol. The van der Waals surface area contributed by atoms with E-state index in [1.165, 1.54) is 0 Å². The Labute approximate surface area is 112 Å². The standard InChI is InChI=1S/2C6H5.C4H9.Bi/c2*1-2-4-6-5-3-1;1-4(2)3;/h2*1-5H;1-3H3;. The molecule has 17 heavy (non-hydrogen) atoms. The topological polar surface area (TPSA) is 0 Å². The minimum absolute atomic E-state index is 0.429. The van der Waals surface area contributed by atoms with Crippen molar-refractivity contribution in [2.24, 2.45) is 0 Å². The molecule has 2 rings (SSSR count). The van der Waals surface area contributed by atoms with Gasteiger partial charge in [-0.05, 0) is 0 Å². The molecule has 0 aromatic heterocycles. The molecule has 0 saturated heterocycles. The molecule has 0 aliphatic rings. The van der Waals surface area contributed by atoms with Crippen molar-refractivity contribution in [1.29, 1.82) is 0 Å². The predicted molar refractivity (Wildman–Crippen MR) is 77.6 cm³/mol. The van der Waals surface area contributed by atoms with E-state index in [1.807, 2.05) is 0 Å². The molecule has 0 radical (unpaired) electrons. The zero-order chi connectivity index (χ0) is 12.3. The summed E-state index contributed by atoms with van der Waals surface area (Å²) in [5.41, 5.74) is 0. The predicted octanol–water partition coefficient (Wildman–Crippen LogP) is 3.10. The van der Waals surface area contributed by atoms with Crippen molar-refractivity contribution in [3.63, 3.8) is 0 Å². The third-order valence-corrected chi connectivity index (χ3v) is 14.2. The van der Waals surface area contributed by atoms with Gasteiger partial charge in [0, 0.05) is 0 Å². The summed E-state index contributed by atoms with van der Waals surface area (Å²) >= 11 is -1.88. The zero-order valence-corrected chi connectivity index (χ0v) is 14.2. The SMILES string of the molecule is C[C](C)(C)[Bi]([c]1ccccc1)[c]1ccccc1. The van der Waals surface area contributed by atoms with E-state index in [2.05, 4.69) is 81.4 Å². The van der Waals surface area contributed by atoms with Crippen molar-refractivity contribution >= 4 is 28.3 Å². The fourth-order valence-electron chi connectivity index (χ4n) is 2.08. The summed E-state index contributed by atoms with van der Waals surface area (Å²) in [5.74, 6) is 0. The van der Waals surface area contributed by atoms with Crippen LogP contribution < -0.4 is 6.54 Å². The van der Waals surface area contributed by atoms with Crippen LogP contribution in [0.15, 0.2) is 60.7 Å². The third kappa shape index (κ3) is 3.16. The van der Waals surface area contributed by atoms with Crippen molar-refractivity contribution in [3.8, 4) is 0 Å². The molecule has 2 aromatic carbocycles. The molecule has 0 N–H and O–H groups in total. The van der Waals surface area contributed by atoms with Gasteiger partial charge in [0.05, 0.1) is 0 Å². The molecule has 0 bridgehead atoms. The monoisotopic (exact) mass is 420 g/mol. The Morgan fingerprint density at radius 3 is 1.29 bits per heavy atom. The quantitative estimate of drug-likeness (QED) is 0.656. The first-order valence-electron chi connectivity index (χ1n) is 5.99. The minimum atomic E-state index is -1.88. The average molecular weight is 420 g/mol. The van der Waals surface area contributed by atoms with E-state index in [4.69, 9.17) is 0 Å². The van der Waals surface area contributed by atoms with Gasteiger partial charge in [0.2, 0.25) is 0 Å².